The summed E-state index contributed by atoms with van der Waals surface area (Å²) in [5.74, 6) is -8.11. The SMILES string of the molecule is O=C(O)c1cc(S(=O)(=O)c2ccccc2)c(C(=O)O)c(C(=O)O)c1C(=O)O. The second kappa shape index (κ2) is 6.88. The van der Waals surface area contributed by atoms with E-state index < -0.39 is 65.8 Å². The van der Waals surface area contributed by atoms with Gasteiger partial charge in [0.2, 0.25) is 9.84 Å². The molecule has 0 fully saturated rings. The van der Waals surface area contributed by atoms with E-state index in [1.165, 1.54) is 18.2 Å². The molecule has 2 aromatic rings. The Hall–Kier alpha value is -3.73. The van der Waals surface area contributed by atoms with Gasteiger partial charge in [-0.2, -0.15) is 0 Å². The van der Waals surface area contributed by atoms with E-state index in [1.54, 1.807) is 0 Å². The van der Waals surface area contributed by atoms with Gasteiger partial charge in [-0.25, -0.2) is 27.6 Å². The number of aromatic carboxylic acids is 4. The molecule has 11 heteroatoms. The van der Waals surface area contributed by atoms with Gasteiger partial charge >= 0.3 is 23.9 Å². The maximum absolute atomic E-state index is 12.8. The van der Waals surface area contributed by atoms with Crippen LogP contribution in [-0.2, 0) is 9.84 Å². The fourth-order valence-electron chi connectivity index (χ4n) is 2.41. The van der Waals surface area contributed by atoms with Gasteiger partial charge in [-0.05, 0) is 18.2 Å². The van der Waals surface area contributed by atoms with Crippen LogP contribution in [0.2, 0.25) is 0 Å². The first-order valence-corrected chi connectivity index (χ1v) is 8.42. The summed E-state index contributed by atoms with van der Waals surface area (Å²) in [6.45, 7) is 0. The molecule has 0 aliphatic carbocycles. The standard InChI is InChI=1S/C16H10O10S/c17-13(18)8-6-9(27(25,26)7-4-2-1-3-5-7)11(15(21)22)12(16(23)24)10(8)14(19)20/h1-6H,(H,17,18)(H,19,20)(H,21,22)(H,23,24). The lowest BCUT2D eigenvalue weighted by Gasteiger charge is -2.15. The fraction of sp³-hybridized carbons (Fsp3) is 0. The lowest BCUT2D eigenvalue weighted by atomic mass is 9.95. The van der Waals surface area contributed by atoms with Crippen molar-refractivity contribution in [3.63, 3.8) is 0 Å². The zero-order valence-corrected chi connectivity index (χ0v) is 13.9. The molecule has 0 bridgehead atoms. The van der Waals surface area contributed by atoms with Gasteiger partial charge in [0.05, 0.1) is 32.0 Å². The van der Waals surface area contributed by atoms with E-state index in [0.29, 0.717) is 6.07 Å². The highest BCUT2D eigenvalue weighted by atomic mass is 32.2. The number of benzene rings is 2. The van der Waals surface area contributed by atoms with Crippen molar-refractivity contribution in [2.45, 2.75) is 9.79 Å². The summed E-state index contributed by atoms with van der Waals surface area (Å²) in [4.78, 5) is 44.4. The number of carboxylic acids is 4. The maximum atomic E-state index is 12.8. The second-order valence-electron chi connectivity index (χ2n) is 5.08. The number of sulfone groups is 1. The van der Waals surface area contributed by atoms with E-state index in [1.807, 2.05) is 0 Å². The fourth-order valence-corrected chi connectivity index (χ4v) is 3.91. The van der Waals surface area contributed by atoms with E-state index >= 15 is 0 Å². The van der Waals surface area contributed by atoms with Crippen molar-refractivity contribution < 1.29 is 48.0 Å². The number of hydrogen-bond acceptors (Lipinski definition) is 6. The summed E-state index contributed by atoms with van der Waals surface area (Å²) in [6, 6.07) is 6.62. The van der Waals surface area contributed by atoms with E-state index in [4.69, 9.17) is 0 Å². The van der Waals surface area contributed by atoms with Crippen molar-refractivity contribution in [3.05, 3.63) is 58.7 Å². The molecular formula is C16H10O10S. The first-order valence-electron chi connectivity index (χ1n) is 6.94. The zero-order chi connectivity index (χ0) is 20.5. The molecule has 27 heavy (non-hydrogen) atoms. The monoisotopic (exact) mass is 394 g/mol. The van der Waals surface area contributed by atoms with Gasteiger partial charge in [-0.1, -0.05) is 18.2 Å². The van der Waals surface area contributed by atoms with Crippen molar-refractivity contribution in [1.29, 1.82) is 0 Å². The summed E-state index contributed by atoms with van der Waals surface area (Å²) in [5, 5.41) is 37.1. The Labute approximate surface area is 150 Å². The average Bonchev–Trinajstić information content (AvgIpc) is 2.59. The Bertz CT molecular complexity index is 1080. The molecule has 0 spiro atoms. The molecule has 0 atom stereocenters. The van der Waals surface area contributed by atoms with Gasteiger partial charge in [0, 0.05) is 0 Å². The van der Waals surface area contributed by atoms with Gasteiger partial charge in [0.15, 0.2) is 0 Å². The van der Waals surface area contributed by atoms with Crippen LogP contribution in [0.25, 0.3) is 0 Å². The van der Waals surface area contributed by atoms with Crippen molar-refractivity contribution in [2.75, 3.05) is 0 Å². The van der Waals surface area contributed by atoms with Crippen LogP contribution < -0.4 is 0 Å². The Kier molecular flexibility index (Phi) is 4.99. The number of hydrogen-bond donors (Lipinski definition) is 4. The smallest absolute Gasteiger partial charge is 0.337 e. The Balaban J connectivity index is 3.12. The van der Waals surface area contributed by atoms with E-state index in [9.17, 15) is 48.0 Å². The lowest BCUT2D eigenvalue weighted by molar-refractivity contribution is 0.0617. The van der Waals surface area contributed by atoms with Gasteiger partial charge in [0.1, 0.15) is 0 Å². The van der Waals surface area contributed by atoms with Crippen LogP contribution in [-0.4, -0.2) is 52.7 Å². The third kappa shape index (κ3) is 3.35. The predicted octanol–water partition coefficient (Wildman–Crippen LogP) is 1.31. The minimum absolute atomic E-state index is 0.337. The van der Waals surface area contributed by atoms with Gasteiger partial charge < -0.3 is 20.4 Å². The predicted molar refractivity (Wildman–Crippen MR) is 86.2 cm³/mol. The molecule has 0 saturated carbocycles. The quantitative estimate of drug-likeness (QED) is 0.557. The lowest BCUT2D eigenvalue weighted by Crippen LogP contribution is -2.23. The highest BCUT2D eigenvalue weighted by Crippen LogP contribution is 2.31. The Morgan fingerprint density at radius 2 is 1.15 bits per heavy atom. The number of carbonyl (C=O) groups is 4. The summed E-state index contributed by atoms with van der Waals surface area (Å²) < 4.78 is 25.6. The van der Waals surface area contributed by atoms with Gasteiger partial charge in [0.25, 0.3) is 0 Å². The van der Waals surface area contributed by atoms with Crippen LogP contribution in [0, 0.1) is 0 Å². The summed E-state index contributed by atoms with van der Waals surface area (Å²) >= 11 is 0. The van der Waals surface area contributed by atoms with Crippen LogP contribution in [0.5, 0.6) is 0 Å². The minimum atomic E-state index is -4.67. The Morgan fingerprint density at radius 3 is 1.56 bits per heavy atom. The minimum Gasteiger partial charge on any atom is -0.478 e. The van der Waals surface area contributed by atoms with E-state index in [-0.39, 0.29) is 0 Å². The number of rotatable bonds is 6. The molecule has 4 N–H and O–H groups in total. The molecule has 0 aliphatic heterocycles. The van der Waals surface area contributed by atoms with E-state index in [2.05, 4.69) is 0 Å². The zero-order valence-electron chi connectivity index (χ0n) is 13.1. The normalized spacial score (nSPS) is 11.0. The van der Waals surface area contributed by atoms with Gasteiger partial charge in [-0.15, -0.1) is 0 Å². The molecule has 0 aliphatic rings. The third-order valence-electron chi connectivity index (χ3n) is 3.51. The van der Waals surface area contributed by atoms with Crippen molar-refractivity contribution in [2.24, 2.45) is 0 Å². The maximum Gasteiger partial charge on any atom is 0.337 e. The van der Waals surface area contributed by atoms with Crippen molar-refractivity contribution >= 4 is 33.7 Å². The molecule has 2 aromatic carbocycles. The highest BCUT2D eigenvalue weighted by Gasteiger charge is 2.36. The second-order valence-corrected chi connectivity index (χ2v) is 7.00. The van der Waals surface area contributed by atoms with Crippen LogP contribution in [0.15, 0.2) is 46.2 Å². The largest absolute Gasteiger partial charge is 0.478 e. The molecule has 10 nitrogen and oxygen atoms in total. The van der Waals surface area contributed by atoms with Crippen LogP contribution in [0.4, 0.5) is 0 Å². The van der Waals surface area contributed by atoms with Crippen molar-refractivity contribution in [3.8, 4) is 0 Å². The molecular weight excluding hydrogens is 384 g/mol. The molecule has 0 aromatic heterocycles. The van der Waals surface area contributed by atoms with Crippen LogP contribution in [0.1, 0.15) is 41.4 Å². The molecule has 2 rings (SSSR count). The highest BCUT2D eigenvalue weighted by molar-refractivity contribution is 7.91. The van der Waals surface area contributed by atoms with E-state index in [0.717, 1.165) is 12.1 Å². The first-order chi connectivity index (χ1) is 12.5. The third-order valence-corrected chi connectivity index (χ3v) is 5.30. The average molecular weight is 394 g/mol. The topological polar surface area (TPSA) is 183 Å². The number of carboxylic acid groups (broad SMARTS) is 4. The summed E-state index contributed by atoms with van der Waals surface area (Å²) in [6.07, 6.45) is 0. The molecule has 0 amide bonds. The molecule has 0 unspecified atom stereocenters. The molecule has 140 valence electrons. The first kappa shape index (κ1) is 19.6. The molecule has 0 heterocycles. The Morgan fingerprint density at radius 1 is 0.667 bits per heavy atom. The van der Waals surface area contributed by atoms with Crippen LogP contribution in [0.3, 0.4) is 0 Å². The molecule has 0 saturated heterocycles. The van der Waals surface area contributed by atoms with Gasteiger partial charge in [-0.3, -0.25) is 0 Å². The summed E-state index contributed by atoms with van der Waals surface area (Å²) in [5.41, 5.74) is -5.28. The molecule has 0 radical (unpaired) electrons. The van der Waals surface area contributed by atoms with Crippen LogP contribution >= 0.6 is 0 Å². The van der Waals surface area contributed by atoms with Crippen molar-refractivity contribution in [1.82, 2.24) is 0 Å². The summed E-state index contributed by atoms with van der Waals surface area (Å²) in [7, 11) is -4.67.